The average molecular weight is 356 g/mol. The molecule has 2 aromatic rings. The van der Waals surface area contributed by atoms with Crippen LogP contribution in [0.25, 0.3) is 0 Å². The Morgan fingerprint density at radius 1 is 1.08 bits per heavy atom. The minimum Gasteiger partial charge on any atom is -0.508 e. The third kappa shape index (κ3) is 3.87. The van der Waals surface area contributed by atoms with Gasteiger partial charge in [0, 0.05) is 5.92 Å². The lowest BCUT2D eigenvalue weighted by Gasteiger charge is -2.31. The number of phenolic OH excluding ortho intramolecular Hbond substituents is 2. The Hall–Kier alpha value is -2.09. The summed E-state index contributed by atoms with van der Waals surface area (Å²) in [5, 5.41) is 40.6. The maximum absolute atomic E-state index is 11.1. The van der Waals surface area contributed by atoms with Gasteiger partial charge in [-0.15, -0.1) is 0 Å². The second kappa shape index (κ2) is 6.43. The fourth-order valence-corrected chi connectivity index (χ4v) is 2.74. The molecule has 9 heteroatoms. The number of phosphoric acid groups is 1. The quantitative estimate of drug-likeness (QED) is 0.349. The van der Waals surface area contributed by atoms with Crippen molar-refractivity contribution in [3.8, 4) is 17.2 Å². The molecule has 24 heavy (non-hydrogen) atoms. The molecule has 130 valence electrons. The predicted octanol–water partition coefficient (Wildman–Crippen LogP) is 1.51. The molecule has 8 nitrogen and oxygen atoms in total. The molecule has 6 N–H and O–H groups in total. The first kappa shape index (κ1) is 18.3. The summed E-state index contributed by atoms with van der Waals surface area (Å²) in [7, 11) is -4.99. The van der Waals surface area contributed by atoms with E-state index in [9.17, 15) is 25.0 Å². The molecule has 0 aliphatic rings. The van der Waals surface area contributed by atoms with E-state index in [4.69, 9.17) is 9.79 Å². The molecule has 1 unspecified atom stereocenters. The molecule has 0 radical (unpaired) electrons. The largest absolute Gasteiger partial charge is 0.524 e. The third-order valence-electron chi connectivity index (χ3n) is 3.56. The minimum atomic E-state index is -4.99. The van der Waals surface area contributed by atoms with Gasteiger partial charge in [-0.1, -0.05) is 25.1 Å². The Balaban J connectivity index is 2.54. The maximum Gasteiger partial charge on any atom is 0.524 e. The zero-order valence-electron chi connectivity index (χ0n) is 12.6. The van der Waals surface area contributed by atoms with E-state index in [1.165, 1.54) is 37.3 Å². The van der Waals surface area contributed by atoms with Crippen LogP contribution in [0.5, 0.6) is 17.2 Å². The van der Waals surface area contributed by atoms with Crippen molar-refractivity contribution in [2.75, 3.05) is 0 Å². The lowest BCUT2D eigenvalue weighted by molar-refractivity contribution is -0.186. The molecule has 1 atom stereocenters. The second-order valence-corrected chi connectivity index (χ2v) is 6.44. The number of rotatable bonds is 5. The van der Waals surface area contributed by atoms with Crippen LogP contribution in [0.3, 0.4) is 0 Å². The molecule has 2 rings (SSSR count). The smallest absolute Gasteiger partial charge is 0.508 e. The Bertz CT molecular complexity index is 783. The van der Waals surface area contributed by atoms with Crippen LogP contribution in [-0.4, -0.2) is 30.2 Å². The van der Waals surface area contributed by atoms with E-state index in [-0.39, 0.29) is 5.75 Å². The first-order chi connectivity index (χ1) is 11.0. The van der Waals surface area contributed by atoms with Crippen molar-refractivity contribution in [1.82, 2.24) is 0 Å². The van der Waals surface area contributed by atoms with Gasteiger partial charge in [-0.25, -0.2) is 4.57 Å². The molecule has 0 saturated heterocycles. The molecule has 2 aromatic carbocycles. The standard InChI is InChI=1S/C15H17O8P/c1-9(10-4-2-5-11(16)8-10)15(18,19)14-12(17)6-3-7-13(14)23-24(20,21)22/h2-9,16-19H,1H3,(H2,20,21,22). The van der Waals surface area contributed by atoms with Gasteiger partial charge in [-0.05, 0) is 29.8 Å². The van der Waals surface area contributed by atoms with Crippen LogP contribution in [0.4, 0.5) is 0 Å². The van der Waals surface area contributed by atoms with Gasteiger partial charge in [0.1, 0.15) is 17.2 Å². The Morgan fingerprint density at radius 3 is 2.29 bits per heavy atom. The minimum absolute atomic E-state index is 0.0980. The zero-order chi connectivity index (χ0) is 18.1. The number of benzene rings is 2. The lowest BCUT2D eigenvalue weighted by Crippen LogP contribution is -2.32. The van der Waals surface area contributed by atoms with Gasteiger partial charge in [0.15, 0.2) is 0 Å². The van der Waals surface area contributed by atoms with Crippen LogP contribution in [0, 0.1) is 0 Å². The van der Waals surface area contributed by atoms with Gasteiger partial charge < -0.3 is 24.9 Å². The molecule has 0 bridgehead atoms. The van der Waals surface area contributed by atoms with Crippen LogP contribution in [0.1, 0.15) is 24.0 Å². The molecule has 0 spiro atoms. The molecular weight excluding hydrogens is 339 g/mol. The van der Waals surface area contributed by atoms with Gasteiger partial charge in [-0.2, -0.15) is 0 Å². The lowest BCUT2D eigenvalue weighted by atomic mass is 9.86. The monoisotopic (exact) mass is 356 g/mol. The number of hydrogen-bond donors (Lipinski definition) is 6. The van der Waals surface area contributed by atoms with Gasteiger partial charge in [0.2, 0.25) is 5.79 Å². The summed E-state index contributed by atoms with van der Waals surface area (Å²) in [6.07, 6.45) is 0. The van der Waals surface area contributed by atoms with Gasteiger partial charge in [0.05, 0.1) is 5.56 Å². The van der Waals surface area contributed by atoms with Crippen molar-refractivity contribution in [3.63, 3.8) is 0 Å². The fraction of sp³-hybridized carbons (Fsp3) is 0.200. The van der Waals surface area contributed by atoms with E-state index < -0.39 is 36.6 Å². The van der Waals surface area contributed by atoms with Gasteiger partial charge >= 0.3 is 7.82 Å². The van der Waals surface area contributed by atoms with E-state index in [1.807, 2.05) is 0 Å². The number of phenols is 2. The fourth-order valence-electron chi connectivity index (χ4n) is 2.34. The Labute approximate surface area is 137 Å². The Kier molecular flexibility index (Phi) is 4.89. The summed E-state index contributed by atoms with van der Waals surface area (Å²) < 4.78 is 15.5. The highest BCUT2D eigenvalue weighted by molar-refractivity contribution is 7.46. The summed E-state index contributed by atoms with van der Waals surface area (Å²) in [5.74, 6) is -5.08. The van der Waals surface area contributed by atoms with Crippen LogP contribution in [-0.2, 0) is 10.4 Å². The molecule has 0 aliphatic heterocycles. The summed E-state index contributed by atoms with van der Waals surface area (Å²) in [5.41, 5.74) is -0.269. The highest BCUT2D eigenvalue weighted by atomic mass is 31.2. The third-order valence-corrected chi connectivity index (χ3v) is 4.00. The van der Waals surface area contributed by atoms with Gasteiger partial charge in [0.25, 0.3) is 0 Å². The van der Waals surface area contributed by atoms with E-state index in [0.29, 0.717) is 5.56 Å². The number of hydrogen-bond acceptors (Lipinski definition) is 6. The molecule has 0 amide bonds. The molecule has 0 fully saturated rings. The average Bonchev–Trinajstić information content (AvgIpc) is 2.44. The van der Waals surface area contributed by atoms with Crippen molar-refractivity contribution in [3.05, 3.63) is 53.6 Å². The molecule has 0 aromatic heterocycles. The summed E-state index contributed by atoms with van der Waals surface area (Å²) in [6.45, 7) is 1.41. The van der Waals surface area contributed by atoms with Crippen molar-refractivity contribution < 1.29 is 39.3 Å². The second-order valence-electron chi connectivity index (χ2n) is 5.27. The zero-order valence-corrected chi connectivity index (χ0v) is 13.5. The molecule has 0 aliphatic carbocycles. The number of aromatic hydroxyl groups is 2. The van der Waals surface area contributed by atoms with E-state index >= 15 is 0 Å². The van der Waals surface area contributed by atoms with Crippen LogP contribution in [0.2, 0.25) is 0 Å². The van der Waals surface area contributed by atoms with E-state index in [0.717, 1.165) is 12.1 Å². The van der Waals surface area contributed by atoms with Gasteiger partial charge in [-0.3, -0.25) is 9.79 Å². The first-order valence-electron chi connectivity index (χ1n) is 6.83. The van der Waals surface area contributed by atoms with Crippen molar-refractivity contribution in [2.24, 2.45) is 0 Å². The molecular formula is C15H17O8P. The van der Waals surface area contributed by atoms with Crippen molar-refractivity contribution >= 4 is 7.82 Å². The highest BCUT2D eigenvalue weighted by Crippen LogP contribution is 2.48. The number of phosphoric ester groups is 1. The summed E-state index contributed by atoms with van der Waals surface area (Å²) in [6, 6.07) is 9.16. The van der Waals surface area contributed by atoms with Crippen LogP contribution < -0.4 is 4.52 Å². The topological polar surface area (TPSA) is 148 Å². The van der Waals surface area contributed by atoms with E-state index in [2.05, 4.69) is 4.52 Å². The maximum atomic E-state index is 11.1. The van der Waals surface area contributed by atoms with Crippen molar-refractivity contribution in [1.29, 1.82) is 0 Å². The van der Waals surface area contributed by atoms with Crippen LogP contribution >= 0.6 is 7.82 Å². The first-order valence-corrected chi connectivity index (χ1v) is 8.36. The summed E-state index contributed by atoms with van der Waals surface area (Å²) >= 11 is 0. The molecule has 0 saturated carbocycles. The van der Waals surface area contributed by atoms with E-state index in [1.54, 1.807) is 0 Å². The summed E-state index contributed by atoms with van der Waals surface area (Å²) in [4.78, 5) is 17.9. The number of aliphatic hydroxyl groups is 2. The van der Waals surface area contributed by atoms with Crippen molar-refractivity contribution in [2.45, 2.75) is 18.6 Å². The highest BCUT2D eigenvalue weighted by Gasteiger charge is 2.40. The predicted molar refractivity (Wildman–Crippen MR) is 83.4 cm³/mol. The van der Waals surface area contributed by atoms with Crippen LogP contribution in [0.15, 0.2) is 42.5 Å². The Morgan fingerprint density at radius 2 is 1.71 bits per heavy atom. The SMILES string of the molecule is CC(c1cccc(O)c1)C(O)(O)c1c(O)cccc1OP(=O)(O)O. The normalized spacial score (nSPS) is 13.5. The molecule has 0 heterocycles.